The maximum atomic E-state index is 13.9. The maximum Gasteiger partial charge on any atom is 0.188 e. The zero-order chi connectivity index (χ0) is 13.0. The van der Waals surface area contributed by atoms with Gasteiger partial charge < -0.3 is 4.74 Å². The van der Waals surface area contributed by atoms with Gasteiger partial charge in [-0.15, -0.1) is 0 Å². The van der Waals surface area contributed by atoms with Crippen molar-refractivity contribution in [1.82, 2.24) is 0 Å². The Morgan fingerprint density at radius 1 is 1.28 bits per heavy atom. The molecule has 0 amide bonds. The minimum absolute atomic E-state index is 0.0902. The third-order valence-electron chi connectivity index (χ3n) is 3.28. The molecule has 0 N–H and O–H groups in total. The fourth-order valence-electron chi connectivity index (χ4n) is 2.27. The topological polar surface area (TPSA) is 26.3 Å². The maximum absolute atomic E-state index is 13.9. The average molecular weight is 248 g/mol. The minimum Gasteiger partial charge on any atom is -0.494 e. The van der Waals surface area contributed by atoms with Crippen LogP contribution in [0.15, 0.2) is 29.8 Å². The molecular weight excluding hydrogens is 231 g/mol. The van der Waals surface area contributed by atoms with Crippen LogP contribution in [0.2, 0.25) is 0 Å². The molecule has 96 valence electrons. The van der Waals surface area contributed by atoms with E-state index >= 15 is 0 Å². The van der Waals surface area contributed by atoms with Gasteiger partial charge in [-0.3, -0.25) is 4.79 Å². The number of rotatable bonds is 3. The van der Waals surface area contributed by atoms with Crippen LogP contribution in [0, 0.1) is 5.82 Å². The monoisotopic (exact) mass is 248 g/mol. The molecule has 1 aliphatic carbocycles. The molecule has 3 heteroatoms. The fraction of sp³-hybridized carbons (Fsp3) is 0.400. The van der Waals surface area contributed by atoms with Crippen molar-refractivity contribution in [2.24, 2.45) is 0 Å². The van der Waals surface area contributed by atoms with Crippen LogP contribution in [0.5, 0.6) is 5.75 Å². The van der Waals surface area contributed by atoms with Crippen molar-refractivity contribution in [3.05, 3.63) is 41.2 Å². The highest BCUT2D eigenvalue weighted by molar-refractivity contribution is 6.05. The Bertz CT molecular complexity index is 469. The van der Waals surface area contributed by atoms with E-state index < -0.39 is 5.82 Å². The quantitative estimate of drug-likeness (QED) is 0.599. The highest BCUT2D eigenvalue weighted by Gasteiger charge is 2.15. The highest BCUT2D eigenvalue weighted by Crippen LogP contribution is 2.25. The van der Waals surface area contributed by atoms with Crippen LogP contribution in [0.25, 0.3) is 0 Å². The molecular formula is C15H17FO2. The molecule has 2 rings (SSSR count). The van der Waals surface area contributed by atoms with Crippen molar-refractivity contribution >= 4 is 5.78 Å². The number of methoxy groups -OCH3 is 1. The zero-order valence-corrected chi connectivity index (χ0v) is 10.5. The Morgan fingerprint density at radius 2 is 2.00 bits per heavy atom. The van der Waals surface area contributed by atoms with Gasteiger partial charge in [0.15, 0.2) is 17.3 Å². The van der Waals surface area contributed by atoms with Gasteiger partial charge in [-0.2, -0.15) is 0 Å². The SMILES string of the molecule is COc1cccc(C(=O)C=C2CCCCC2)c1F. The average Bonchev–Trinajstić information content (AvgIpc) is 2.40. The molecule has 1 aromatic rings. The molecule has 1 aromatic carbocycles. The number of hydrogen-bond donors (Lipinski definition) is 0. The number of hydrogen-bond acceptors (Lipinski definition) is 2. The summed E-state index contributed by atoms with van der Waals surface area (Å²) in [6.07, 6.45) is 6.98. The third kappa shape index (κ3) is 2.78. The van der Waals surface area contributed by atoms with E-state index in [0.717, 1.165) is 31.3 Å². The van der Waals surface area contributed by atoms with Gasteiger partial charge in [0.1, 0.15) is 0 Å². The number of ether oxygens (including phenoxy) is 1. The predicted octanol–water partition coefficient (Wildman–Crippen LogP) is 3.91. The summed E-state index contributed by atoms with van der Waals surface area (Å²) in [7, 11) is 1.40. The van der Waals surface area contributed by atoms with Gasteiger partial charge in [-0.25, -0.2) is 4.39 Å². The van der Waals surface area contributed by atoms with Crippen LogP contribution in [0.3, 0.4) is 0 Å². The first-order valence-corrected chi connectivity index (χ1v) is 6.28. The lowest BCUT2D eigenvalue weighted by atomic mass is 9.93. The molecule has 2 nitrogen and oxygen atoms in total. The van der Waals surface area contributed by atoms with E-state index in [-0.39, 0.29) is 17.1 Å². The summed E-state index contributed by atoms with van der Waals surface area (Å²) in [6, 6.07) is 4.65. The van der Waals surface area contributed by atoms with Crippen LogP contribution in [-0.4, -0.2) is 12.9 Å². The van der Waals surface area contributed by atoms with Crippen molar-refractivity contribution in [1.29, 1.82) is 0 Å². The van der Waals surface area contributed by atoms with E-state index in [1.165, 1.54) is 25.7 Å². The standard InChI is InChI=1S/C15H17FO2/c1-18-14-9-5-8-12(15(14)16)13(17)10-11-6-3-2-4-7-11/h5,8-10H,2-4,6-7H2,1H3. The summed E-state index contributed by atoms with van der Waals surface area (Å²) < 4.78 is 18.8. The van der Waals surface area contributed by atoms with Crippen LogP contribution >= 0.6 is 0 Å². The summed E-state index contributed by atoms with van der Waals surface area (Å²) in [5.74, 6) is -0.719. The van der Waals surface area contributed by atoms with Gasteiger partial charge in [0.05, 0.1) is 12.7 Å². The first-order chi connectivity index (χ1) is 8.72. The fourth-order valence-corrected chi connectivity index (χ4v) is 2.27. The Balaban J connectivity index is 2.23. The second-order valence-corrected chi connectivity index (χ2v) is 4.55. The molecule has 0 spiro atoms. The van der Waals surface area contributed by atoms with Crippen molar-refractivity contribution in [2.75, 3.05) is 7.11 Å². The van der Waals surface area contributed by atoms with Crippen LogP contribution in [-0.2, 0) is 0 Å². The summed E-state index contributed by atoms with van der Waals surface area (Å²) in [4.78, 5) is 12.0. The van der Waals surface area contributed by atoms with E-state index in [2.05, 4.69) is 0 Å². The van der Waals surface area contributed by atoms with Gasteiger partial charge in [0, 0.05) is 0 Å². The molecule has 0 atom stereocenters. The van der Waals surface area contributed by atoms with Crippen molar-refractivity contribution in [2.45, 2.75) is 32.1 Å². The van der Waals surface area contributed by atoms with Crippen molar-refractivity contribution in [3.63, 3.8) is 0 Å². The lowest BCUT2D eigenvalue weighted by molar-refractivity contribution is 0.104. The first kappa shape index (κ1) is 12.8. The number of halogens is 1. The summed E-state index contributed by atoms with van der Waals surface area (Å²) in [6.45, 7) is 0. The molecule has 0 unspecified atom stereocenters. The van der Waals surface area contributed by atoms with E-state index in [0.29, 0.717) is 0 Å². The Morgan fingerprint density at radius 3 is 2.67 bits per heavy atom. The normalized spacial score (nSPS) is 15.3. The van der Waals surface area contributed by atoms with Crippen molar-refractivity contribution < 1.29 is 13.9 Å². The van der Waals surface area contributed by atoms with Crippen LogP contribution < -0.4 is 4.74 Å². The Labute approximate surface area is 106 Å². The van der Waals surface area contributed by atoms with Gasteiger partial charge in [-0.05, 0) is 43.9 Å². The summed E-state index contributed by atoms with van der Waals surface area (Å²) in [5.41, 5.74) is 1.22. The first-order valence-electron chi connectivity index (χ1n) is 6.28. The van der Waals surface area contributed by atoms with Gasteiger partial charge in [0.25, 0.3) is 0 Å². The highest BCUT2D eigenvalue weighted by atomic mass is 19.1. The predicted molar refractivity (Wildman–Crippen MR) is 68.5 cm³/mol. The summed E-state index contributed by atoms with van der Waals surface area (Å²) in [5, 5.41) is 0. The largest absolute Gasteiger partial charge is 0.494 e. The van der Waals surface area contributed by atoms with Gasteiger partial charge in [-0.1, -0.05) is 18.1 Å². The zero-order valence-electron chi connectivity index (χ0n) is 10.5. The number of ketones is 1. The third-order valence-corrected chi connectivity index (χ3v) is 3.28. The molecule has 0 aromatic heterocycles. The number of allylic oxidation sites excluding steroid dienone is 2. The Kier molecular flexibility index (Phi) is 4.13. The van der Waals surface area contributed by atoms with Gasteiger partial charge >= 0.3 is 0 Å². The molecule has 0 aliphatic heterocycles. The number of carbonyl (C=O) groups is 1. The number of carbonyl (C=O) groups excluding carboxylic acids is 1. The smallest absolute Gasteiger partial charge is 0.188 e. The second kappa shape index (κ2) is 5.80. The van der Waals surface area contributed by atoms with Gasteiger partial charge in [0.2, 0.25) is 0 Å². The molecule has 0 heterocycles. The molecule has 1 fully saturated rings. The lowest BCUT2D eigenvalue weighted by Gasteiger charge is -2.13. The lowest BCUT2D eigenvalue weighted by Crippen LogP contribution is -2.03. The van der Waals surface area contributed by atoms with Crippen LogP contribution in [0.1, 0.15) is 42.5 Å². The Hall–Kier alpha value is -1.64. The van der Waals surface area contributed by atoms with E-state index in [4.69, 9.17) is 4.74 Å². The minimum atomic E-state index is -0.572. The molecule has 0 bridgehead atoms. The van der Waals surface area contributed by atoms with Crippen molar-refractivity contribution in [3.8, 4) is 5.75 Å². The molecule has 0 saturated heterocycles. The van der Waals surface area contributed by atoms with E-state index in [9.17, 15) is 9.18 Å². The van der Waals surface area contributed by atoms with E-state index in [1.54, 1.807) is 12.1 Å². The van der Waals surface area contributed by atoms with Crippen LogP contribution in [0.4, 0.5) is 4.39 Å². The van der Waals surface area contributed by atoms with E-state index in [1.807, 2.05) is 0 Å². The molecule has 1 aliphatic rings. The molecule has 18 heavy (non-hydrogen) atoms. The molecule has 0 radical (unpaired) electrons. The molecule has 1 saturated carbocycles. The second-order valence-electron chi connectivity index (χ2n) is 4.55. The number of benzene rings is 1. The summed E-state index contributed by atoms with van der Waals surface area (Å²) >= 11 is 0.